The Morgan fingerprint density at radius 1 is 0.933 bits per heavy atom. The summed E-state index contributed by atoms with van der Waals surface area (Å²) in [6.07, 6.45) is -0.0280. The van der Waals surface area contributed by atoms with Crippen molar-refractivity contribution in [2.45, 2.75) is 58.3 Å². The molecule has 0 radical (unpaired) electrons. The summed E-state index contributed by atoms with van der Waals surface area (Å²) in [5.74, 6) is -2.56. The van der Waals surface area contributed by atoms with Crippen LogP contribution in [-0.4, -0.2) is 67.7 Å². The normalized spacial score (nSPS) is 27.2. The summed E-state index contributed by atoms with van der Waals surface area (Å²) in [6.45, 7) is 4.80. The van der Waals surface area contributed by atoms with Crippen LogP contribution in [0.25, 0.3) is 0 Å². The third-order valence-corrected chi connectivity index (χ3v) is 4.15. The Morgan fingerprint density at radius 2 is 1.53 bits per heavy atom. The maximum atomic E-state index is 11.7. The van der Waals surface area contributed by atoms with Gasteiger partial charge in [-0.1, -0.05) is 6.08 Å². The molecule has 10 heteroatoms. The number of allylic oxidation sites excluding steroid dienone is 1. The van der Waals surface area contributed by atoms with E-state index in [-0.39, 0.29) is 6.61 Å². The molecule has 1 N–H and O–H groups in total. The molecule has 0 bridgehead atoms. The van der Waals surface area contributed by atoms with Crippen LogP contribution in [0.3, 0.4) is 0 Å². The van der Waals surface area contributed by atoms with Gasteiger partial charge in [-0.05, 0) is 12.2 Å². The fraction of sp³-hybridized carbons (Fsp3) is 0.550. The first-order chi connectivity index (χ1) is 14.2. The largest absolute Gasteiger partial charge is 0.463 e. The first kappa shape index (κ1) is 23.3. The first-order valence-electron chi connectivity index (χ1n) is 9.33. The van der Waals surface area contributed by atoms with E-state index in [0.717, 1.165) is 5.57 Å². The van der Waals surface area contributed by atoms with Crippen LogP contribution in [0.5, 0.6) is 0 Å². The lowest BCUT2D eigenvalue weighted by Crippen LogP contribution is -2.65. The molecule has 5 atom stereocenters. The summed E-state index contributed by atoms with van der Waals surface area (Å²) >= 11 is 0. The molecule has 0 aromatic carbocycles. The van der Waals surface area contributed by atoms with Gasteiger partial charge in [0.15, 0.2) is 18.3 Å². The van der Waals surface area contributed by atoms with Gasteiger partial charge in [-0.3, -0.25) is 24.5 Å². The van der Waals surface area contributed by atoms with Crippen molar-refractivity contribution in [2.24, 2.45) is 0 Å². The fourth-order valence-corrected chi connectivity index (χ4v) is 3.08. The highest BCUT2D eigenvalue weighted by Crippen LogP contribution is 2.28. The fourth-order valence-electron chi connectivity index (χ4n) is 3.08. The molecule has 1 aliphatic heterocycles. The van der Waals surface area contributed by atoms with E-state index in [1.54, 1.807) is 6.08 Å². The van der Waals surface area contributed by atoms with Gasteiger partial charge in [0.25, 0.3) is 0 Å². The van der Waals surface area contributed by atoms with Crippen molar-refractivity contribution < 1.29 is 42.9 Å². The number of carbonyl (C=O) groups is 4. The first-order valence-corrected chi connectivity index (χ1v) is 9.33. The lowest BCUT2D eigenvalue weighted by molar-refractivity contribution is -0.257. The second-order valence-electron chi connectivity index (χ2n) is 6.70. The van der Waals surface area contributed by atoms with Crippen LogP contribution in [0.2, 0.25) is 0 Å². The molecular formula is C20H25NO9. The predicted molar refractivity (Wildman–Crippen MR) is 101 cm³/mol. The Balaban J connectivity index is 2.34. The second-order valence-corrected chi connectivity index (χ2v) is 6.70. The maximum absolute atomic E-state index is 11.7. The zero-order valence-electron chi connectivity index (χ0n) is 17.2. The third kappa shape index (κ3) is 6.84. The molecule has 0 spiro atoms. The van der Waals surface area contributed by atoms with Crippen molar-refractivity contribution in [3.63, 3.8) is 0 Å². The Kier molecular flexibility index (Phi) is 8.35. The Labute approximate surface area is 173 Å². The smallest absolute Gasteiger partial charge is 0.303 e. The van der Waals surface area contributed by atoms with Crippen LogP contribution in [0.4, 0.5) is 0 Å². The Morgan fingerprint density at radius 3 is 2.07 bits per heavy atom. The van der Waals surface area contributed by atoms with E-state index in [4.69, 9.17) is 23.7 Å². The van der Waals surface area contributed by atoms with Gasteiger partial charge in [0.2, 0.25) is 0 Å². The molecule has 1 fully saturated rings. The molecule has 30 heavy (non-hydrogen) atoms. The highest BCUT2D eigenvalue weighted by Gasteiger charge is 2.52. The van der Waals surface area contributed by atoms with Crippen molar-refractivity contribution in [3.05, 3.63) is 29.5 Å². The van der Waals surface area contributed by atoms with Crippen molar-refractivity contribution in [1.82, 2.24) is 5.32 Å². The lowest BCUT2D eigenvalue weighted by Gasteiger charge is -2.44. The summed E-state index contributed by atoms with van der Waals surface area (Å²) in [5, 5.41) is 3.07. The predicted octanol–water partition coefficient (Wildman–Crippen LogP) is 0.310. The number of hydrogen-bond donors (Lipinski definition) is 1. The van der Waals surface area contributed by atoms with Gasteiger partial charge in [0, 0.05) is 39.8 Å². The van der Waals surface area contributed by atoms with E-state index in [2.05, 4.69) is 11.0 Å². The van der Waals surface area contributed by atoms with Crippen LogP contribution < -0.4 is 5.32 Å². The van der Waals surface area contributed by atoms with E-state index < -0.39 is 54.5 Å². The lowest BCUT2D eigenvalue weighted by atomic mass is 9.97. The molecule has 2 rings (SSSR count). The van der Waals surface area contributed by atoms with E-state index in [9.17, 15) is 19.2 Å². The van der Waals surface area contributed by atoms with Crippen LogP contribution >= 0.6 is 0 Å². The summed E-state index contributed by atoms with van der Waals surface area (Å²) in [4.78, 5) is 46.4. The summed E-state index contributed by atoms with van der Waals surface area (Å²) in [6, 6.07) is 0. The molecule has 0 amide bonds. The molecule has 10 nitrogen and oxygen atoms in total. The number of esters is 4. The van der Waals surface area contributed by atoms with E-state index in [1.807, 2.05) is 12.2 Å². The number of carbonyl (C=O) groups excluding carboxylic acids is 4. The number of hydrogen-bond acceptors (Lipinski definition) is 10. The van der Waals surface area contributed by atoms with Gasteiger partial charge in [-0.15, -0.1) is 5.73 Å². The second kappa shape index (κ2) is 10.7. The molecule has 0 aromatic rings. The SMILES string of the molecule is CC(=O)OC[C@H]1O[C@@H](NCC2=C=CC=C2)[C@H](OC(C)=O)[C@@H](OC(C)=O)[C@@H]1OC(C)=O. The van der Waals surface area contributed by atoms with Gasteiger partial charge in [0.1, 0.15) is 18.9 Å². The highest BCUT2D eigenvalue weighted by molar-refractivity contribution is 5.68. The summed E-state index contributed by atoms with van der Waals surface area (Å²) < 4.78 is 27.0. The number of nitrogens with one attached hydrogen (secondary N) is 1. The van der Waals surface area contributed by atoms with E-state index >= 15 is 0 Å². The summed E-state index contributed by atoms with van der Waals surface area (Å²) in [7, 11) is 0. The monoisotopic (exact) mass is 423 g/mol. The number of ether oxygens (including phenoxy) is 5. The standard InChI is InChI=1S/C20H25NO9/c1-11(22)26-10-16-17(27-12(2)23)18(28-13(3)24)19(29-14(4)25)20(30-16)21-9-15-7-5-6-8-15/h5-7,16-21H,9-10H2,1-4H3/t16-,17-,18+,19-,20-/m1/s1. The molecule has 2 aliphatic rings. The van der Waals surface area contributed by atoms with Crippen molar-refractivity contribution >= 4 is 23.9 Å². The molecule has 0 saturated carbocycles. The summed E-state index contributed by atoms with van der Waals surface area (Å²) in [5.41, 5.74) is 3.83. The average molecular weight is 423 g/mol. The van der Waals surface area contributed by atoms with E-state index in [0.29, 0.717) is 6.54 Å². The van der Waals surface area contributed by atoms with Gasteiger partial charge in [-0.25, -0.2) is 0 Å². The van der Waals surface area contributed by atoms with Crippen molar-refractivity contribution in [3.8, 4) is 0 Å². The third-order valence-electron chi connectivity index (χ3n) is 4.15. The Bertz CT molecular complexity index is 781. The Hall–Kier alpha value is -2.94. The van der Waals surface area contributed by atoms with Crippen molar-refractivity contribution in [1.29, 1.82) is 0 Å². The van der Waals surface area contributed by atoms with Crippen LogP contribution in [0.1, 0.15) is 27.7 Å². The maximum Gasteiger partial charge on any atom is 0.303 e. The minimum Gasteiger partial charge on any atom is -0.463 e. The molecule has 1 saturated heterocycles. The van der Waals surface area contributed by atoms with Crippen LogP contribution in [0, 0.1) is 0 Å². The van der Waals surface area contributed by atoms with Gasteiger partial charge in [0.05, 0.1) is 0 Å². The van der Waals surface area contributed by atoms with Crippen LogP contribution in [-0.2, 0) is 42.9 Å². The zero-order chi connectivity index (χ0) is 22.3. The molecule has 164 valence electrons. The molecule has 0 aromatic heterocycles. The van der Waals surface area contributed by atoms with Crippen molar-refractivity contribution in [2.75, 3.05) is 13.2 Å². The molecule has 1 aliphatic carbocycles. The van der Waals surface area contributed by atoms with Crippen LogP contribution in [0.15, 0.2) is 29.5 Å². The van der Waals surface area contributed by atoms with Gasteiger partial charge < -0.3 is 23.7 Å². The topological polar surface area (TPSA) is 126 Å². The van der Waals surface area contributed by atoms with Gasteiger partial charge in [-0.2, -0.15) is 0 Å². The minimum atomic E-state index is -1.19. The number of rotatable bonds is 8. The average Bonchev–Trinajstić information content (AvgIpc) is 3.15. The van der Waals surface area contributed by atoms with E-state index in [1.165, 1.54) is 27.7 Å². The molecule has 0 unspecified atom stereocenters. The quantitative estimate of drug-likeness (QED) is 0.331. The van der Waals surface area contributed by atoms with Gasteiger partial charge >= 0.3 is 23.9 Å². The molecular weight excluding hydrogens is 398 g/mol. The highest BCUT2D eigenvalue weighted by atomic mass is 16.7. The zero-order valence-corrected chi connectivity index (χ0v) is 17.2. The molecule has 1 heterocycles. The minimum absolute atomic E-state index is 0.265.